The summed E-state index contributed by atoms with van der Waals surface area (Å²) >= 11 is 0. The molecule has 1 aliphatic rings. The zero-order valence-corrected chi connectivity index (χ0v) is 17.1. The van der Waals surface area contributed by atoms with Crippen molar-refractivity contribution >= 4 is 22.6 Å². The maximum absolute atomic E-state index is 13.6. The highest BCUT2D eigenvalue weighted by Crippen LogP contribution is 2.39. The third kappa shape index (κ3) is 3.50. The lowest BCUT2D eigenvalue weighted by Gasteiger charge is -2.36. The van der Waals surface area contributed by atoms with Gasteiger partial charge in [0.2, 0.25) is 0 Å². The highest BCUT2D eigenvalue weighted by Gasteiger charge is 2.34. The number of hydrogen-bond donors (Lipinski definition) is 2. The number of amides is 2. The van der Waals surface area contributed by atoms with Gasteiger partial charge in [0.25, 0.3) is 0 Å². The van der Waals surface area contributed by atoms with Crippen LogP contribution in [0.4, 0.5) is 14.9 Å². The second-order valence-corrected chi connectivity index (χ2v) is 7.62. The van der Waals surface area contributed by atoms with Crippen LogP contribution in [0.15, 0.2) is 72.8 Å². The number of ether oxygens (including phenoxy) is 1. The number of carbonyl (C=O) groups excluding carboxylic acids is 1. The molecule has 6 heteroatoms. The topological polar surface area (TPSA) is 57.4 Å². The number of fused-ring (bicyclic) bond motifs is 3. The van der Waals surface area contributed by atoms with Crippen LogP contribution in [0.1, 0.15) is 22.9 Å². The number of nitrogens with zero attached hydrogens (tertiary/aromatic N) is 1. The molecule has 3 aromatic carbocycles. The monoisotopic (exact) mass is 415 g/mol. The molecule has 1 aliphatic heterocycles. The predicted molar refractivity (Wildman–Crippen MR) is 119 cm³/mol. The molecular formula is C25H22FN3O2. The van der Waals surface area contributed by atoms with Gasteiger partial charge in [-0.25, -0.2) is 9.18 Å². The number of nitrogens with one attached hydrogen (secondary N) is 2. The minimum absolute atomic E-state index is 0.268. The number of urea groups is 1. The van der Waals surface area contributed by atoms with Crippen molar-refractivity contribution in [2.24, 2.45) is 0 Å². The van der Waals surface area contributed by atoms with E-state index in [0.29, 0.717) is 12.2 Å². The Morgan fingerprint density at radius 3 is 2.68 bits per heavy atom. The van der Waals surface area contributed by atoms with E-state index in [9.17, 15) is 9.18 Å². The Bertz CT molecular complexity index is 1250. The number of para-hydroxylation sites is 1. The third-order valence-corrected chi connectivity index (χ3v) is 5.80. The van der Waals surface area contributed by atoms with Crippen molar-refractivity contribution in [2.45, 2.75) is 12.5 Å². The minimum Gasteiger partial charge on any atom is -0.497 e. The van der Waals surface area contributed by atoms with Crippen LogP contribution in [0.25, 0.3) is 10.9 Å². The largest absolute Gasteiger partial charge is 0.497 e. The molecule has 0 saturated carbocycles. The van der Waals surface area contributed by atoms with Gasteiger partial charge in [-0.15, -0.1) is 0 Å². The maximum atomic E-state index is 13.6. The lowest BCUT2D eigenvalue weighted by Crippen LogP contribution is -2.43. The van der Waals surface area contributed by atoms with Crippen LogP contribution in [0.3, 0.4) is 0 Å². The first kappa shape index (κ1) is 19.2. The molecule has 0 aliphatic carbocycles. The van der Waals surface area contributed by atoms with E-state index < -0.39 is 0 Å². The van der Waals surface area contributed by atoms with E-state index in [1.54, 1.807) is 24.1 Å². The number of benzene rings is 3. The number of aromatic amines is 1. The van der Waals surface area contributed by atoms with Crippen LogP contribution in [-0.2, 0) is 6.42 Å². The van der Waals surface area contributed by atoms with Crippen molar-refractivity contribution in [3.05, 3.63) is 95.4 Å². The minimum atomic E-state index is -0.388. The number of aromatic nitrogens is 1. The molecule has 0 radical (unpaired) electrons. The van der Waals surface area contributed by atoms with Gasteiger partial charge in [-0.3, -0.25) is 0 Å². The standard InChI is InChI=1S/C25H22FN3O2/c1-31-19-11-9-16(10-12-19)24-23-21(20-7-2-3-8-22(20)28-23)13-14-29(24)25(30)27-18-6-4-5-17(26)15-18/h2-12,15,24,28H,13-14H2,1H3,(H,27,30)/t24-/m0/s1. The molecule has 2 N–H and O–H groups in total. The first-order valence-corrected chi connectivity index (χ1v) is 10.2. The van der Waals surface area contributed by atoms with Gasteiger partial charge in [-0.05, 0) is 53.9 Å². The average Bonchev–Trinajstić information content (AvgIpc) is 3.17. The van der Waals surface area contributed by atoms with Gasteiger partial charge in [0.15, 0.2) is 0 Å². The van der Waals surface area contributed by atoms with Crippen molar-refractivity contribution in [2.75, 3.05) is 19.0 Å². The molecule has 0 fully saturated rings. The van der Waals surface area contributed by atoms with Crippen molar-refractivity contribution < 1.29 is 13.9 Å². The van der Waals surface area contributed by atoms with Gasteiger partial charge >= 0.3 is 6.03 Å². The van der Waals surface area contributed by atoms with E-state index in [-0.39, 0.29) is 17.9 Å². The summed E-state index contributed by atoms with van der Waals surface area (Å²) in [7, 11) is 1.63. The van der Waals surface area contributed by atoms with Crippen LogP contribution in [0.2, 0.25) is 0 Å². The summed E-state index contributed by atoms with van der Waals surface area (Å²) < 4.78 is 18.9. The summed E-state index contributed by atoms with van der Waals surface area (Å²) in [6, 6.07) is 21.3. The molecule has 31 heavy (non-hydrogen) atoms. The molecule has 156 valence electrons. The average molecular weight is 415 g/mol. The van der Waals surface area contributed by atoms with E-state index in [1.165, 1.54) is 23.1 Å². The molecule has 4 aromatic rings. The number of H-pyrrole nitrogens is 1. The number of methoxy groups -OCH3 is 1. The number of halogens is 1. The molecule has 5 rings (SSSR count). The van der Waals surface area contributed by atoms with E-state index >= 15 is 0 Å². The molecule has 5 nitrogen and oxygen atoms in total. The number of carbonyl (C=O) groups is 1. The van der Waals surface area contributed by atoms with Gasteiger partial charge in [0, 0.05) is 28.8 Å². The number of rotatable bonds is 3. The van der Waals surface area contributed by atoms with Gasteiger partial charge in [-0.1, -0.05) is 36.4 Å². The van der Waals surface area contributed by atoms with Crippen LogP contribution >= 0.6 is 0 Å². The first-order chi connectivity index (χ1) is 15.1. The number of anilines is 1. The summed E-state index contributed by atoms with van der Waals surface area (Å²) in [5.41, 5.74) is 4.69. The van der Waals surface area contributed by atoms with Gasteiger partial charge in [-0.2, -0.15) is 0 Å². The second-order valence-electron chi connectivity index (χ2n) is 7.62. The van der Waals surface area contributed by atoms with Crippen LogP contribution < -0.4 is 10.1 Å². The second kappa shape index (κ2) is 7.80. The Kier molecular flexibility index (Phi) is 4.82. The SMILES string of the molecule is COc1ccc([C@H]2c3[nH]c4ccccc4c3CCN2C(=O)Nc2cccc(F)c2)cc1. The van der Waals surface area contributed by atoms with Crippen LogP contribution in [0.5, 0.6) is 5.75 Å². The van der Waals surface area contributed by atoms with Gasteiger partial charge in [0.1, 0.15) is 11.6 Å². The Morgan fingerprint density at radius 1 is 1.10 bits per heavy atom. The Labute approximate surface area is 179 Å². The molecule has 1 atom stereocenters. The fraction of sp³-hybridized carbons (Fsp3) is 0.160. The van der Waals surface area contributed by atoms with E-state index in [0.717, 1.165) is 28.9 Å². The predicted octanol–water partition coefficient (Wildman–Crippen LogP) is 5.50. The summed E-state index contributed by atoms with van der Waals surface area (Å²) in [6.07, 6.45) is 0.739. The molecule has 2 heterocycles. The van der Waals surface area contributed by atoms with Crippen LogP contribution in [0, 0.1) is 5.82 Å². The normalized spacial score (nSPS) is 15.5. The summed E-state index contributed by atoms with van der Waals surface area (Å²) in [6.45, 7) is 0.548. The van der Waals surface area contributed by atoms with E-state index in [2.05, 4.69) is 22.4 Å². The van der Waals surface area contributed by atoms with Gasteiger partial charge < -0.3 is 19.9 Å². The third-order valence-electron chi connectivity index (χ3n) is 5.80. The first-order valence-electron chi connectivity index (χ1n) is 10.2. The lowest BCUT2D eigenvalue weighted by atomic mass is 9.92. The smallest absolute Gasteiger partial charge is 0.322 e. The van der Waals surface area contributed by atoms with Crippen molar-refractivity contribution in [1.29, 1.82) is 0 Å². The summed E-state index contributed by atoms with van der Waals surface area (Å²) in [5.74, 6) is 0.369. The molecule has 2 amide bonds. The zero-order chi connectivity index (χ0) is 21.4. The highest BCUT2D eigenvalue weighted by atomic mass is 19.1. The van der Waals surface area contributed by atoms with Crippen LogP contribution in [-0.4, -0.2) is 29.6 Å². The molecule has 0 saturated heterocycles. The van der Waals surface area contributed by atoms with Crippen molar-refractivity contribution in [3.63, 3.8) is 0 Å². The lowest BCUT2D eigenvalue weighted by molar-refractivity contribution is 0.193. The highest BCUT2D eigenvalue weighted by molar-refractivity contribution is 5.91. The molecular weight excluding hydrogens is 393 g/mol. The quantitative estimate of drug-likeness (QED) is 0.465. The van der Waals surface area contributed by atoms with Crippen molar-refractivity contribution in [1.82, 2.24) is 9.88 Å². The Morgan fingerprint density at radius 2 is 1.90 bits per heavy atom. The fourth-order valence-electron chi connectivity index (χ4n) is 4.35. The van der Waals surface area contributed by atoms with E-state index in [4.69, 9.17) is 4.74 Å². The zero-order valence-electron chi connectivity index (χ0n) is 17.1. The molecule has 0 spiro atoms. The summed E-state index contributed by atoms with van der Waals surface area (Å²) in [5, 5.41) is 4.03. The molecule has 1 aromatic heterocycles. The number of hydrogen-bond acceptors (Lipinski definition) is 2. The van der Waals surface area contributed by atoms with E-state index in [1.807, 2.05) is 36.4 Å². The molecule has 0 bridgehead atoms. The fourth-order valence-corrected chi connectivity index (χ4v) is 4.35. The Hall–Kier alpha value is -3.80. The summed E-state index contributed by atoms with van der Waals surface area (Å²) in [4.78, 5) is 18.6. The maximum Gasteiger partial charge on any atom is 0.322 e. The molecule has 0 unspecified atom stereocenters. The van der Waals surface area contributed by atoms with Crippen molar-refractivity contribution in [3.8, 4) is 5.75 Å². The van der Waals surface area contributed by atoms with Gasteiger partial charge in [0.05, 0.1) is 13.2 Å². The Balaban J connectivity index is 1.57.